The van der Waals surface area contributed by atoms with Gasteiger partial charge in [0.25, 0.3) is 5.91 Å². The van der Waals surface area contributed by atoms with E-state index in [1.165, 1.54) is 5.56 Å². The third-order valence-electron chi connectivity index (χ3n) is 2.96. The summed E-state index contributed by atoms with van der Waals surface area (Å²) in [6, 6.07) is 4.83. The van der Waals surface area contributed by atoms with Crippen LogP contribution in [0.4, 0.5) is 10.5 Å². The fourth-order valence-electron chi connectivity index (χ4n) is 2.04. The number of hydrogen-bond donors (Lipinski definition) is 3. The summed E-state index contributed by atoms with van der Waals surface area (Å²) in [7, 11) is 0. The molecule has 0 saturated carbocycles. The predicted molar refractivity (Wildman–Crippen MR) is 71.1 cm³/mol. The summed E-state index contributed by atoms with van der Waals surface area (Å²) in [5.74, 6) is 0.0604. The number of benzene rings is 1. The van der Waals surface area contributed by atoms with Crippen LogP contribution in [0.25, 0.3) is 0 Å². The van der Waals surface area contributed by atoms with Gasteiger partial charge in [0.1, 0.15) is 5.75 Å². The second-order valence-electron chi connectivity index (χ2n) is 4.43. The van der Waals surface area contributed by atoms with Gasteiger partial charge >= 0.3 is 6.03 Å². The van der Waals surface area contributed by atoms with Crippen molar-refractivity contribution in [1.29, 1.82) is 0 Å². The lowest BCUT2D eigenvalue weighted by Gasteiger charge is -2.22. The van der Waals surface area contributed by atoms with Crippen molar-refractivity contribution in [3.63, 3.8) is 0 Å². The maximum Gasteiger partial charge on any atom is 0.318 e. The number of hydrogen-bond acceptors (Lipinski definition) is 4. The fraction of sp³-hybridized carbons (Fsp3) is 0.385. The lowest BCUT2D eigenvalue weighted by atomic mass is 10.0. The van der Waals surface area contributed by atoms with Crippen molar-refractivity contribution in [2.45, 2.75) is 25.9 Å². The van der Waals surface area contributed by atoms with Crippen LogP contribution in [-0.4, -0.2) is 24.6 Å². The number of amides is 3. The smallest absolute Gasteiger partial charge is 0.318 e. The Morgan fingerprint density at radius 2 is 2.26 bits per heavy atom. The largest absolute Gasteiger partial charge is 0.479 e. The van der Waals surface area contributed by atoms with Crippen LogP contribution in [-0.2, 0) is 11.2 Å². The van der Waals surface area contributed by atoms with E-state index < -0.39 is 18.0 Å². The van der Waals surface area contributed by atoms with Crippen molar-refractivity contribution in [3.8, 4) is 5.75 Å². The predicted octanol–water partition coefficient (Wildman–Crippen LogP) is 1.01. The number of anilines is 1. The number of nitrogens with one attached hydrogen (secondary N) is 2. The van der Waals surface area contributed by atoms with Crippen molar-refractivity contribution in [2.75, 3.05) is 11.9 Å². The molecule has 0 bridgehead atoms. The van der Waals surface area contributed by atoms with Crippen molar-refractivity contribution < 1.29 is 14.3 Å². The molecule has 19 heavy (non-hydrogen) atoms. The van der Waals surface area contributed by atoms with Crippen molar-refractivity contribution >= 4 is 17.6 Å². The Kier molecular flexibility index (Phi) is 3.89. The summed E-state index contributed by atoms with van der Waals surface area (Å²) >= 11 is 0. The van der Waals surface area contributed by atoms with Gasteiger partial charge in [-0.15, -0.1) is 0 Å². The third kappa shape index (κ3) is 3.15. The topological polar surface area (TPSA) is 93.4 Å². The van der Waals surface area contributed by atoms with E-state index in [4.69, 9.17) is 10.5 Å². The number of aryl methyl sites for hydroxylation is 1. The lowest BCUT2D eigenvalue weighted by molar-refractivity contribution is -0.126. The second kappa shape index (κ2) is 5.60. The molecule has 1 aromatic rings. The highest BCUT2D eigenvalue weighted by molar-refractivity contribution is 5.95. The van der Waals surface area contributed by atoms with E-state index in [2.05, 4.69) is 5.32 Å². The molecule has 1 heterocycles. The number of rotatable bonds is 3. The second-order valence-corrected chi connectivity index (χ2v) is 4.43. The fourth-order valence-corrected chi connectivity index (χ4v) is 2.04. The Morgan fingerprint density at radius 1 is 1.47 bits per heavy atom. The molecule has 0 aromatic heterocycles. The number of imide groups is 1. The maximum atomic E-state index is 11.6. The number of nitrogens with two attached hydrogens (primary N) is 1. The Morgan fingerprint density at radius 3 is 3.00 bits per heavy atom. The van der Waals surface area contributed by atoms with E-state index >= 15 is 0 Å². The number of fused-ring (bicyclic) bond motifs is 1. The minimum absolute atomic E-state index is 0.555. The maximum absolute atomic E-state index is 11.6. The molecule has 0 spiro atoms. The monoisotopic (exact) mass is 263 g/mol. The van der Waals surface area contributed by atoms with E-state index in [0.29, 0.717) is 5.75 Å². The molecule has 1 atom stereocenters. The minimum Gasteiger partial charge on any atom is -0.479 e. The SMILES string of the molecule is CC(Oc1cccc2c1NCCC2)C(=O)NC(N)=O. The average molecular weight is 263 g/mol. The molecule has 0 aliphatic carbocycles. The van der Waals surface area contributed by atoms with Gasteiger partial charge in [-0.25, -0.2) is 4.79 Å². The van der Waals surface area contributed by atoms with Gasteiger partial charge in [0.15, 0.2) is 6.10 Å². The Labute approximate surface area is 111 Å². The molecule has 2 rings (SSSR count). The van der Waals surface area contributed by atoms with Crippen LogP contribution in [0.5, 0.6) is 5.75 Å². The van der Waals surface area contributed by atoms with E-state index in [-0.39, 0.29) is 0 Å². The van der Waals surface area contributed by atoms with Crippen molar-refractivity contribution in [2.24, 2.45) is 5.73 Å². The quantitative estimate of drug-likeness (QED) is 0.758. The van der Waals surface area contributed by atoms with Gasteiger partial charge in [-0.05, 0) is 31.4 Å². The molecule has 1 aromatic carbocycles. The molecule has 1 aliphatic rings. The molecule has 1 aliphatic heterocycles. The van der Waals surface area contributed by atoms with Crippen molar-refractivity contribution in [1.82, 2.24) is 5.32 Å². The first-order valence-corrected chi connectivity index (χ1v) is 6.20. The number of ether oxygens (including phenoxy) is 1. The summed E-state index contributed by atoms with van der Waals surface area (Å²) < 4.78 is 5.59. The summed E-state index contributed by atoms with van der Waals surface area (Å²) in [5, 5.41) is 5.27. The van der Waals surface area contributed by atoms with Crippen LogP contribution in [0, 0.1) is 0 Å². The molecular weight excluding hydrogens is 246 g/mol. The van der Waals surface area contributed by atoms with Gasteiger partial charge in [0, 0.05) is 6.54 Å². The summed E-state index contributed by atoms with van der Waals surface area (Å²) in [6.07, 6.45) is 1.28. The molecule has 4 N–H and O–H groups in total. The summed E-state index contributed by atoms with van der Waals surface area (Å²) in [6.45, 7) is 2.45. The zero-order valence-electron chi connectivity index (χ0n) is 10.7. The molecule has 6 heteroatoms. The average Bonchev–Trinajstić information content (AvgIpc) is 2.38. The highest BCUT2D eigenvalue weighted by Crippen LogP contribution is 2.32. The molecule has 0 saturated heterocycles. The van der Waals surface area contributed by atoms with Gasteiger partial charge in [-0.1, -0.05) is 12.1 Å². The zero-order chi connectivity index (χ0) is 13.8. The highest BCUT2D eigenvalue weighted by Gasteiger charge is 2.19. The lowest BCUT2D eigenvalue weighted by Crippen LogP contribution is -2.42. The Bertz CT molecular complexity index is 502. The standard InChI is InChI=1S/C13H17N3O3/c1-8(12(17)16-13(14)18)19-10-6-2-4-9-5-3-7-15-11(9)10/h2,4,6,8,15H,3,5,7H2,1H3,(H3,14,16,17,18). The molecule has 102 valence electrons. The molecular formula is C13H17N3O3. The first kappa shape index (κ1) is 13.2. The number of primary amides is 1. The number of urea groups is 1. The van der Waals surface area contributed by atoms with Gasteiger partial charge in [-0.3, -0.25) is 10.1 Å². The van der Waals surface area contributed by atoms with Gasteiger partial charge < -0.3 is 15.8 Å². The normalized spacial score (nSPS) is 14.8. The van der Waals surface area contributed by atoms with Crippen LogP contribution in [0.1, 0.15) is 18.9 Å². The number of carbonyl (C=O) groups is 2. The number of carbonyl (C=O) groups excluding carboxylic acids is 2. The molecule has 0 radical (unpaired) electrons. The molecule has 3 amide bonds. The molecule has 0 fully saturated rings. The number of para-hydroxylation sites is 1. The van der Waals surface area contributed by atoms with E-state index in [1.54, 1.807) is 13.0 Å². The van der Waals surface area contributed by atoms with Gasteiger partial charge in [0.2, 0.25) is 0 Å². The van der Waals surface area contributed by atoms with Gasteiger partial charge in [-0.2, -0.15) is 0 Å². The van der Waals surface area contributed by atoms with Crippen LogP contribution < -0.4 is 21.1 Å². The zero-order valence-corrected chi connectivity index (χ0v) is 10.7. The molecule has 1 unspecified atom stereocenters. The van der Waals surface area contributed by atoms with Gasteiger partial charge in [0.05, 0.1) is 5.69 Å². The molecule has 6 nitrogen and oxygen atoms in total. The van der Waals surface area contributed by atoms with Crippen LogP contribution in [0.15, 0.2) is 18.2 Å². The third-order valence-corrected chi connectivity index (χ3v) is 2.96. The van der Waals surface area contributed by atoms with Crippen LogP contribution in [0.3, 0.4) is 0 Å². The Balaban J connectivity index is 2.10. The van der Waals surface area contributed by atoms with Crippen LogP contribution in [0.2, 0.25) is 0 Å². The first-order valence-electron chi connectivity index (χ1n) is 6.20. The summed E-state index contributed by atoms with van der Waals surface area (Å²) in [4.78, 5) is 22.2. The van der Waals surface area contributed by atoms with E-state index in [1.807, 2.05) is 17.4 Å². The van der Waals surface area contributed by atoms with E-state index in [0.717, 1.165) is 25.1 Å². The van der Waals surface area contributed by atoms with Crippen LogP contribution >= 0.6 is 0 Å². The van der Waals surface area contributed by atoms with Crippen molar-refractivity contribution in [3.05, 3.63) is 23.8 Å². The minimum atomic E-state index is -0.881. The first-order chi connectivity index (χ1) is 9.08. The Hall–Kier alpha value is -2.24. The summed E-state index contributed by atoms with van der Waals surface area (Å²) in [5.41, 5.74) is 6.99. The van der Waals surface area contributed by atoms with E-state index in [9.17, 15) is 9.59 Å². The highest BCUT2D eigenvalue weighted by atomic mass is 16.5.